The van der Waals surface area contributed by atoms with Crippen LogP contribution in [0.1, 0.15) is 27.2 Å². The van der Waals surface area contributed by atoms with E-state index in [2.05, 4.69) is 4.72 Å². The molecule has 8 heteroatoms. The molecular weight excluding hydrogens is 392 g/mol. The third-order valence-corrected chi connectivity index (χ3v) is 6.09. The molecule has 0 bridgehead atoms. The van der Waals surface area contributed by atoms with Crippen molar-refractivity contribution in [3.05, 3.63) is 42.5 Å². The Morgan fingerprint density at radius 1 is 1.21 bits per heavy atom. The number of benzene rings is 2. The molecular formula is C21H26N2O5S. The first-order valence-corrected chi connectivity index (χ1v) is 10.9. The summed E-state index contributed by atoms with van der Waals surface area (Å²) in [6.45, 7) is 6.47. The lowest BCUT2D eigenvalue weighted by Crippen LogP contribution is -2.42. The average Bonchev–Trinajstić information content (AvgIpc) is 2.78. The first kappa shape index (κ1) is 21.0. The molecule has 0 radical (unpaired) electrons. The Hall–Kier alpha value is -2.74. The Balaban J connectivity index is 1.94. The summed E-state index contributed by atoms with van der Waals surface area (Å²) in [6.07, 6.45) is 0.797. The van der Waals surface area contributed by atoms with Crippen molar-refractivity contribution in [3.8, 4) is 11.5 Å². The van der Waals surface area contributed by atoms with Gasteiger partial charge in [-0.2, -0.15) is 0 Å². The van der Waals surface area contributed by atoms with Gasteiger partial charge < -0.3 is 14.4 Å². The number of sulfonamides is 1. The third-order valence-electron chi connectivity index (χ3n) is 4.71. The van der Waals surface area contributed by atoms with Crippen LogP contribution in [0, 0.1) is 5.41 Å². The maximum Gasteiger partial charge on any atom is 0.262 e. The Labute approximate surface area is 171 Å². The topological polar surface area (TPSA) is 84.9 Å². The molecule has 1 aliphatic rings. The maximum absolute atomic E-state index is 12.9. The van der Waals surface area contributed by atoms with E-state index in [0.29, 0.717) is 29.4 Å². The predicted octanol–water partition coefficient (Wildman–Crippen LogP) is 3.66. The summed E-state index contributed by atoms with van der Waals surface area (Å²) in [5.74, 6) is 0.917. The van der Waals surface area contributed by atoms with Gasteiger partial charge >= 0.3 is 0 Å². The molecule has 1 N–H and O–H groups in total. The molecule has 2 aromatic carbocycles. The van der Waals surface area contributed by atoms with Gasteiger partial charge in [0.1, 0.15) is 18.1 Å². The number of nitrogens with zero attached hydrogens (tertiary/aromatic N) is 1. The van der Waals surface area contributed by atoms with E-state index in [0.717, 1.165) is 6.42 Å². The molecule has 0 fully saturated rings. The minimum Gasteiger partial charge on any atom is -0.497 e. The Kier molecular flexibility index (Phi) is 5.75. The van der Waals surface area contributed by atoms with Crippen molar-refractivity contribution in [1.82, 2.24) is 0 Å². The summed E-state index contributed by atoms with van der Waals surface area (Å²) in [5.41, 5.74) is 0.330. The highest BCUT2D eigenvalue weighted by atomic mass is 32.2. The lowest BCUT2D eigenvalue weighted by atomic mass is 9.93. The summed E-state index contributed by atoms with van der Waals surface area (Å²) in [4.78, 5) is 14.7. The number of rotatable bonds is 6. The van der Waals surface area contributed by atoms with Crippen LogP contribution in [-0.4, -0.2) is 34.6 Å². The molecule has 1 heterocycles. The zero-order valence-electron chi connectivity index (χ0n) is 17.1. The molecule has 0 atom stereocenters. The van der Waals surface area contributed by atoms with Gasteiger partial charge in [-0.15, -0.1) is 0 Å². The first-order chi connectivity index (χ1) is 13.7. The molecule has 0 unspecified atom stereocenters. The van der Waals surface area contributed by atoms with E-state index in [9.17, 15) is 13.2 Å². The summed E-state index contributed by atoms with van der Waals surface area (Å²) in [7, 11) is -2.33. The molecule has 0 saturated carbocycles. The number of ether oxygens (including phenoxy) is 2. The summed E-state index contributed by atoms with van der Waals surface area (Å²) in [5, 5.41) is 0. The van der Waals surface area contributed by atoms with Gasteiger partial charge in [-0.3, -0.25) is 9.52 Å². The van der Waals surface area contributed by atoms with Crippen molar-refractivity contribution in [2.75, 3.05) is 29.9 Å². The lowest BCUT2D eigenvalue weighted by Gasteiger charge is -2.27. The van der Waals surface area contributed by atoms with E-state index in [4.69, 9.17) is 9.47 Å². The van der Waals surface area contributed by atoms with Crippen molar-refractivity contribution < 1.29 is 22.7 Å². The maximum atomic E-state index is 12.9. The first-order valence-electron chi connectivity index (χ1n) is 9.43. The van der Waals surface area contributed by atoms with Gasteiger partial charge in [-0.1, -0.05) is 13.0 Å². The minimum absolute atomic E-state index is 0.0113. The molecule has 3 rings (SSSR count). The minimum atomic E-state index is -3.81. The fourth-order valence-electron chi connectivity index (χ4n) is 3.14. The molecule has 0 aromatic heterocycles. The number of hydrogen-bond donors (Lipinski definition) is 1. The highest BCUT2D eigenvalue weighted by Crippen LogP contribution is 2.38. The van der Waals surface area contributed by atoms with Crippen LogP contribution in [0.3, 0.4) is 0 Å². The lowest BCUT2D eigenvalue weighted by molar-refractivity contribution is -0.127. The number of hydrogen-bond acceptors (Lipinski definition) is 5. The van der Waals surface area contributed by atoms with Crippen molar-refractivity contribution >= 4 is 27.3 Å². The molecule has 29 heavy (non-hydrogen) atoms. The number of carbonyl (C=O) groups excluding carboxylic acids is 1. The largest absolute Gasteiger partial charge is 0.497 e. The molecule has 0 aliphatic carbocycles. The van der Waals surface area contributed by atoms with Gasteiger partial charge in [-0.25, -0.2) is 8.42 Å². The van der Waals surface area contributed by atoms with Gasteiger partial charge in [0, 0.05) is 18.7 Å². The van der Waals surface area contributed by atoms with Gasteiger partial charge in [0.25, 0.3) is 10.0 Å². The summed E-state index contributed by atoms with van der Waals surface area (Å²) < 4.78 is 39.1. The van der Waals surface area contributed by atoms with E-state index < -0.39 is 15.4 Å². The Morgan fingerprint density at radius 2 is 1.97 bits per heavy atom. The van der Waals surface area contributed by atoms with E-state index in [1.54, 1.807) is 35.2 Å². The van der Waals surface area contributed by atoms with Crippen molar-refractivity contribution in [2.24, 2.45) is 5.41 Å². The zero-order valence-corrected chi connectivity index (χ0v) is 17.9. The highest BCUT2D eigenvalue weighted by Gasteiger charge is 2.37. The second-order valence-corrected chi connectivity index (χ2v) is 9.28. The van der Waals surface area contributed by atoms with Crippen LogP contribution < -0.4 is 19.1 Å². The highest BCUT2D eigenvalue weighted by molar-refractivity contribution is 7.92. The van der Waals surface area contributed by atoms with E-state index in [1.165, 1.54) is 19.2 Å². The predicted molar refractivity (Wildman–Crippen MR) is 112 cm³/mol. The van der Waals surface area contributed by atoms with Crippen LogP contribution in [0.2, 0.25) is 0 Å². The van der Waals surface area contributed by atoms with Crippen molar-refractivity contribution in [1.29, 1.82) is 0 Å². The molecule has 1 aliphatic heterocycles. The fourth-order valence-corrected chi connectivity index (χ4v) is 4.22. The Bertz CT molecular complexity index is 1020. The molecule has 156 valence electrons. The van der Waals surface area contributed by atoms with Crippen LogP contribution in [0.4, 0.5) is 11.4 Å². The van der Waals surface area contributed by atoms with Crippen LogP contribution in [0.25, 0.3) is 0 Å². The van der Waals surface area contributed by atoms with Crippen LogP contribution in [-0.2, 0) is 14.8 Å². The van der Waals surface area contributed by atoms with E-state index in [-0.39, 0.29) is 17.4 Å². The normalized spacial score (nSPS) is 15.9. The summed E-state index contributed by atoms with van der Waals surface area (Å²) >= 11 is 0. The molecule has 0 saturated heterocycles. The Morgan fingerprint density at radius 3 is 2.66 bits per heavy atom. The van der Waals surface area contributed by atoms with Gasteiger partial charge in [-0.05, 0) is 44.5 Å². The number of nitrogens with one attached hydrogen (secondary N) is 1. The van der Waals surface area contributed by atoms with Crippen molar-refractivity contribution in [2.45, 2.75) is 32.1 Å². The average molecular weight is 419 g/mol. The smallest absolute Gasteiger partial charge is 0.262 e. The quantitative estimate of drug-likeness (QED) is 0.774. The SMILES string of the molecule is CCCN1C(=O)C(C)(C)COc2cc(NS(=O)(=O)c3cccc(OC)c3)ccc21. The summed E-state index contributed by atoms with van der Waals surface area (Å²) in [6, 6.07) is 11.2. The second kappa shape index (κ2) is 7.94. The third kappa shape index (κ3) is 4.32. The van der Waals surface area contributed by atoms with Gasteiger partial charge in [0.15, 0.2) is 0 Å². The number of fused-ring (bicyclic) bond motifs is 1. The number of anilines is 2. The number of carbonyl (C=O) groups is 1. The van der Waals surface area contributed by atoms with Crippen molar-refractivity contribution in [3.63, 3.8) is 0 Å². The fraction of sp³-hybridized carbons (Fsp3) is 0.381. The molecule has 2 aromatic rings. The number of amides is 1. The van der Waals surface area contributed by atoms with Gasteiger partial charge in [0.2, 0.25) is 5.91 Å². The molecule has 7 nitrogen and oxygen atoms in total. The molecule has 0 spiro atoms. The second-order valence-electron chi connectivity index (χ2n) is 7.60. The standard InChI is InChI=1S/C21H26N2O5S/c1-5-11-23-18-10-9-15(12-19(18)28-14-21(2,3)20(23)24)22-29(25,26)17-8-6-7-16(13-17)27-4/h6-10,12-13,22H,5,11,14H2,1-4H3. The monoisotopic (exact) mass is 418 g/mol. The zero-order chi connectivity index (χ0) is 21.2. The number of methoxy groups -OCH3 is 1. The van der Waals surface area contributed by atoms with E-state index in [1.807, 2.05) is 20.8 Å². The van der Waals surface area contributed by atoms with Crippen LogP contribution in [0.15, 0.2) is 47.4 Å². The van der Waals surface area contributed by atoms with Crippen LogP contribution in [0.5, 0.6) is 11.5 Å². The molecule has 1 amide bonds. The van der Waals surface area contributed by atoms with E-state index >= 15 is 0 Å². The van der Waals surface area contributed by atoms with Crippen LogP contribution >= 0.6 is 0 Å². The van der Waals surface area contributed by atoms with Gasteiger partial charge in [0.05, 0.1) is 28.8 Å².